The van der Waals surface area contributed by atoms with Crippen LogP contribution in [-0.2, 0) is 155 Å². The number of carbonyl (C=O) groups excluding carboxylic acids is 12. The number of aldehydes is 3. The van der Waals surface area contributed by atoms with Crippen LogP contribution in [0.25, 0.3) is 0 Å². The number of aliphatic carboxylic acids is 4. The fourth-order valence-corrected chi connectivity index (χ4v) is 15.4. The zero-order valence-corrected chi connectivity index (χ0v) is 87.2. The third kappa shape index (κ3) is 46.9. The number of carboxylic acids is 4. The predicted molar refractivity (Wildman–Crippen MR) is 548 cm³/mol. The molecule has 3 aliphatic rings. The first kappa shape index (κ1) is 122. The number of halogens is 1. The summed E-state index contributed by atoms with van der Waals surface area (Å²) in [5, 5.41) is 38.9. The van der Waals surface area contributed by atoms with Crippen LogP contribution >= 0.6 is 15.9 Å². The van der Waals surface area contributed by atoms with E-state index < -0.39 is 71.5 Å². The molecule has 0 bridgehead atoms. The van der Waals surface area contributed by atoms with Crippen molar-refractivity contribution in [2.75, 3.05) is 47.8 Å². The number of hydrogen-bond donors (Lipinski definition) is 5. The van der Waals surface area contributed by atoms with Crippen molar-refractivity contribution in [2.24, 2.45) is 0 Å². The Labute approximate surface area is 855 Å². The fourth-order valence-electron chi connectivity index (χ4n) is 15.0. The molecule has 3 aliphatic heterocycles. The molecule has 9 aromatic rings. The molecule has 0 amide bonds. The van der Waals surface area contributed by atoms with Gasteiger partial charge in [-0.25, -0.2) is 9.59 Å². The van der Waals surface area contributed by atoms with E-state index in [9.17, 15) is 81.8 Å². The maximum atomic E-state index is 13.9. The molecule has 3 heterocycles. The molecule has 5 N–H and O–H groups in total. The molecular formula is C114H132BrNO29. The Morgan fingerprint density at radius 2 is 0.779 bits per heavy atom. The number of esters is 7. The first-order chi connectivity index (χ1) is 68.5. The van der Waals surface area contributed by atoms with E-state index in [4.69, 9.17) is 39.0 Å². The van der Waals surface area contributed by atoms with Crippen LogP contribution < -0.4 is 5.32 Å². The maximum absolute atomic E-state index is 13.9. The summed E-state index contributed by atoms with van der Waals surface area (Å²) in [7, 11) is 4.14. The van der Waals surface area contributed by atoms with E-state index in [1.54, 1.807) is 111 Å². The highest BCUT2D eigenvalue weighted by atomic mass is 79.9. The van der Waals surface area contributed by atoms with Crippen LogP contribution in [-0.4, -0.2) is 175 Å². The van der Waals surface area contributed by atoms with Crippen LogP contribution in [0.2, 0.25) is 0 Å². The van der Waals surface area contributed by atoms with E-state index >= 15 is 0 Å². The first-order valence-corrected chi connectivity index (χ1v) is 47.6. The molecule has 3 atom stereocenters. The number of carboxylic acid groups (broad SMARTS) is 4. The minimum Gasteiger partial charge on any atom is -0.481 e. The smallest absolute Gasteiger partial charge is 0.337 e. The third-order valence-corrected chi connectivity index (χ3v) is 21.6. The van der Waals surface area contributed by atoms with Gasteiger partial charge in [0, 0.05) is 40.6 Å². The van der Waals surface area contributed by atoms with Gasteiger partial charge in [-0.3, -0.25) is 67.1 Å². The number of methoxy groups -OCH3 is 3. The SMILES string of the molecule is CCOC(=O)C1=C(COC(C)(C)C)NC2=C(C(=O)OC(c3c(C)cc(C)cc3C)C2)C1c1cccc(CC(=O)O)c1.CCOC(=O)CC(=O)COC(C)(C)C.COC(=O)Cc1cccc(C)c1.COC(=O)Cc1cccc(C=O)c1.COC(=O)Cc1cccc(CBr)c1.Cc1cc(C)c(C2CC(=O)CC(=O)O2)c(C)c1.Cc1cccc(CC(=O)O)c1.O=Cc1cccc(CC(=O)O)c1.O=Cc1cccc(CC(=O)O)c1. The molecule has 0 spiro atoms. The average molecular weight is 2060 g/mol. The number of nitrogens with one attached hydrogen (secondary N) is 1. The number of benzene rings is 9. The Bertz CT molecular complexity index is 5940. The van der Waals surface area contributed by atoms with E-state index in [1.165, 1.54) is 32.5 Å². The van der Waals surface area contributed by atoms with Crippen LogP contribution in [0.1, 0.15) is 236 Å². The Kier molecular flexibility index (Phi) is 52.8. The van der Waals surface area contributed by atoms with E-state index in [2.05, 4.69) is 64.5 Å². The summed E-state index contributed by atoms with van der Waals surface area (Å²) < 4.78 is 46.4. The average Bonchev–Trinajstić information content (AvgIpc) is 0.738. The lowest BCUT2D eigenvalue weighted by Gasteiger charge is -2.38. The predicted octanol–water partition coefficient (Wildman–Crippen LogP) is 18.5. The van der Waals surface area contributed by atoms with Crippen LogP contribution in [0.4, 0.5) is 0 Å². The van der Waals surface area contributed by atoms with Crippen molar-refractivity contribution in [3.8, 4) is 0 Å². The number of ketones is 2. The minimum atomic E-state index is -0.975. The molecule has 774 valence electrons. The van der Waals surface area contributed by atoms with Gasteiger partial charge in [0.05, 0.1) is 120 Å². The minimum absolute atomic E-state index is 0.0365. The Hall–Kier alpha value is -14.8. The monoisotopic (exact) mass is 2060 g/mol. The highest BCUT2D eigenvalue weighted by molar-refractivity contribution is 9.08. The standard InChI is InChI=1S/C33H39NO7.C14H16O3.C10H11BrO2.C10H18O4.C10H10O3.C10H12O2.2C9H8O3.C9H10O2/c1-8-39-31(37)30-24(17-40-33(5,6)7)34-23-16-25(27-19(3)12-18(2)13-20(27)4)41-32(38)29(23)28(30)22-11-9-10-21(14-22)15-26(35)36;1-8-4-9(2)14(10(3)5-8)12-6-11(15)7-13(16)17-12;1-13-10(12)6-8-3-2-4-9(5-8)7-11;1-5-13-9(12)6-8(11)7-14-10(2,3)4;1-13-10(12)6-8-3-2-4-9(5-8)7-11;1-8-4-3-5-9(6-8)7-10(11)12-2;2*10-6-8-3-1-2-7(4-8)5-9(11)12;1-7-3-2-4-8(5-7)6-9(10)11/h9-14,25,28,34H,8,15-17H2,1-7H3,(H,35,36);4-5,12H,6-7H2,1-3H3;2-5H,6-7H2,1H3;5-7H2,1-4H3;2-5,7H,6H2,1H3;3-6H,7H2,1-2H3;2*1-4,6H,5H2,(H,11,12);2-5H,6H2,1H3,(H,10,11). The van der Waals surface area contributed by atoms with Gasteiger partial charge in [-0.15, -0.1) is 0 Å². The van der Waals surface area contributed by atoms with Gasteiger partial charge in [0.15, 0.2) is 5.78 Å². The van der Waals surface area contributed by atoms with Crippen LogP contribution in [0.15, 0.2) is 217 Å². The highest BCUT2D eigenvalue weighted by Crippen LogP contribution is 2.47. The summed E-state index contributed by atoms with van der Waals surface area (Å²) in [4.78, 5) is 178. The Morgan fingerprint density at radius 3 is 1.15 bits per heavy atom. The normalized spacial score (nSPS) is 13.6. The summed E-state index contributed by atoms with van der Waals surface area (Å²) in [6.45, 7) is 31.3. The van der Waals surface area contributed by atoms with Crippen molar-refractivity contribution in [2.45, 2.75) is 216 Å². The molecular weight excluding hydrogens is 1930 g/mol. The van der Waals surface area contributed by atoms with Gasteiger partial charge in [-0.1, -0.05) is 214 Å². The molecule has 3 unspecified atom stereocenters. The number of Topliss-reactive ketones (excluding diaryl/α,β-unsaturated/α-hetero) is 2. The second-order valence-corrected chi connectivity index (χ2v) is 36.4. The van der Waals surface area contributed by atoms with Gasteiger partial charge in [0.25, 0.3) is 0 Å². The molecule has 0 saturated carbocycles. The molecule has 145 heavy (non-hydrogen) atoms. The van der Waals surface area contributed by atoms with Crippen molar-refractivity contribution < 1.29 is 140 Å². The van der Waals surface area contributed by atoms with Crippen molar-refractivity contribution in [1.82, 2.24) is 5.32 Å². The number of rotatable bonds is 30. The van der Waals surface area contributed by atoms with Crippen molar-refractivity contribution >= 4 is 112 Å². The van der Waals surface area contributed by atoms with E-state index in [-0.39, 0.29) is 105 Å². The number of alkyl halides is 1. The summed E-state index contributed by atoms with van der Waals surface area (Å²) in [6.07, 6.45) is 2.39. The lowest BCUT2D eigenvalue weighted by molar-refractivity contribution is -0.158. The van der Waals surface area contributed by atoms with Crippen LogP contribution in [0.3, 0.4) is 0 Å². The third-order valence-electron chi connectivity index (χ3n) is 21.0. The quantitative estimate of drug-likeness (QED) is 0.00917. The van der Waals surface area contributed by atoms with Gasteiger partial charge in [-0.05, 0) is 212 Å². The van der Waals surface area contributed by atoms with Crippen LogP contribution in [0.5, 0.6) is 0 Å². The lowest BCUT2D eigenvalue weighted by atomic mass is 9.77. The largest absolute Gasteiger partial charge is 0.481 e. The molecule has 1 fully saturated rings. The number of carbonyl (C=O) groups is 16. The van der Waals surface area contributed by atoms with E-state index in [1.807, 2.05) is 170 Å². The van der Waals surface area contributed by atoms with Gasteiger partial charge in [0.1, 0.15) is 56.3 Å². The molecule has 9 aromatic carbocycles. The molecule has 0 aromatic heterocycles. The van der Waals surface area contributed by atoms with Crippen LogP contribution in [0, 0.1) is 55.4 Å². The van der Waals surface area contributed by atoms with Crippen molar-refractivity contribution in [1.29, 1.82) is 0 Å². The fraction of sp³-hybridized carbons (Fsp3) is 0.351. The molecule has 0 aliphatic carbocycles. The first-order valence-electron chi connectivity index (χ1n) is 46.4. The summed E-state index contributed by atoms with van der Waals surface area (Å²) >= 11 is 3.36. The molecule has 1 saturated heterocycles. The van der Waals surface area contributed by atoms with Gasteiger partial charge < -0.3 is 68.4 Å². The zero-order chi connectivity index (χ0) is 108. The number of hydrogen-bond acceptors (Lipinski definition) is 26. The van der Waals surface area contributed by atoms with Crippen molar-refractivity contribution in [3.05, 3.63) is 339 Å². The summed E-state index contributed by atoms with van der Waals surface area (Å²) in [5.74, 6) is -7.36. The molecule has 0 radical (unpaired) electrons. The molecule has 12 rings (SSSR count). The number of ether oxygens (including phenoxy) is 9. The molecule has 31 heteroatoms. The highest BCUT2D eigenvalue weighted by Gasteiger charge is 2.45. The lowest BCUT2D eigenvalue weighted by Crippen LogP contribution is -2.39. The number of dihydropyridines is 1. The second-order valence-electron chi connectivity index (χ2n) is 35.8. The summed E-state index contributed by atoms with van der Waals surface area (Å²) in [5.41, 5.74) is 20.5. The van der Waals surface area contributed by atoms with Gasteiger partial charge in [0.2, 0.25) is 0 Å². The second kappa shape index (κ2) is 62.6. The van der Waals surface area contributed by atoms with E-state index in [0.717, 1.165) is 83.9 Å². The molecule has 30 nitrogen and oxygen atoms in total. The zero-order valence-electron chi connectivity index (χ0n) is 85.6. The number of aryl methyl sites for hydroxylation is 8. The van der Waals surface area contributed by atoms with Gasteiger partial charge >= 0.3 is 65.7 Å². The Balaban J connectivity index is 0.000000359. The topological polar surface area (TPSA) is 449 Å². The summed E-state index contributed by atoms with van der Waals surface area (Å²) in [6, 6.07) is 58.4. The Morgan fingerprint density at radius 1 is 0.421 bits per heavy atom. The van der Waals surface area contributed by atoms with Crippen molar-refractivity contribution in [3.63, 3.8) is 0 Å². The van der Waals surface area contributed by atoms with Gasteiger partial charge in [-0.2, -0.15) is 0 Å². The number of cyclic esters (lactones) is 2. The maximum Gasteiger partial charge on any atom is 0.337 e. The van der Waals surface area contributed by atoms with E-state index in [0.29, 0.717) is 101 Å².